The van der Waals surface area contributed by atoms with Crippen molar-refractivity contribution in [2.24, 2.45) is 0 Å². The number of hydrogen-bond donors (Lipinski definition) is 0. The monoisotopic (exact) mass is 245 g/mol. The van der Waals surface area contributed by atoms with Crippen LogP contribution in [-0.4, -0.2) is 30.5 Å². The molecule has 0 spiro atoms. The van der Waals surface area contributed by atoms with Crippen molar-refractivity contribution in [1.82, 2.24) is 4.90 Å². The van der Waals surface area contributed by atoms with Crippen molar-refractivity contribution in [2.75, 3.05) is 19.7 Å². The van der Waals surface area contributed by atoms with E-state index in [1.54, 1.807) is 0 Å². The van der Waals surface area contributed by atoms with Gasteiger partial charge >= 0.3 is 0 Å². The van der Waals surface area contributed by atoms with E-state index in [1.807, 2.05) is 29.2 Å². The molecule has 3 heteroatoms. The van der Waals surface area contributed by atoms with Crippen molar-refractivity contribution in [2.45, 2.75) is 31.6 Å². The lowest BCUT2D eigenvalue weighted by Crippen LogP contribution is -2.40. The third-order valence-electron chi connectivity index (χ3n) is 3.92. The fourth-order valence-electron chi connectivity index (χ4n) is 2.93. The molecule has 2 aliphatic heterocycles. The summed E-state index contributed by atoms with van der Waals surface area (Å²) in [5.41, 5.74) is 1.07. The normalized spacial score (nSPS) is 23.1. The minimum Gasteiger partial charge on any atom is -0.493 e. The van der Waals surface area contributed by atoms with Crippen LogP contribution in [0.15, 0.2) is 24.3 Å². The molecule has 1 fully saturated rings. The third-order valence-corrected chi connectivity index (χ3v) is 3.92. The Labute approximate surface area is 108 Å². The van der Waals surface area contributed by atoms with Crippen LogP contribution in [0.25, 0.3) is 0 Å². The molecule has 2 heterocycles. The fourth-order valence-corrected chi connectivity index (χ4v) is 2.93. The first-order chi connectivity index (χ1) is 8.86. The van der Waals surface area contributed by atoms with Crippen LogP contribution in [0.1, 0.15) is 37.2 Å². The zero-order valence-corrected chi connectivity index (χ0v) is 10.6. The number of carbonyl (C=O) groups is 1. The van der Waals surface area contributed by atoms with Gasteiger partial charge in [0.1, 0.15) is 5.75 Å². The third kappa shape index (κ3) is 2.09. The van der Waals surface area contributed by atoms with Crippen LogP contribution in [0.3, 0.4) is 0 Å². The molecular formula is C15H19NO2. The Morgan fingerprint density at radius 2 is 1.94 bits per heavy atom. The summed E-state index contributed by atoms with van der Waals surface area (Å²) in [6, 6.07) is 7.95. The van der Waals surface area contributed by atoms with Gasteiger partial charge < -0.3 is 9.64 Å². The Morgan fingerprint density at radius 3 is 2.78 bits per heavy atom. The Hall–Kier alpha value is -1.51. The molecule has 1 aromatic rings. The van der Waals surface area contributed by atoms with Gasteiger partial charge in [-0.15, -0.1) is 0 Å². The first kappa shape index (κ1) is 11.6. The van der Waals surface area contributed by atoms with E-state index in [9.17, 15) is 4.79 Å². The van der Waals surface area contributed by atoms with Crippen molar-refractivity contribution in [1.29, 1.82) is 0 Å². The van der Waals surface area contributed by atoms with Gasteiger partial charge in [-0.3, -0.25) is 4.79 Å². The minimum absolute atomic E-state index is 0.00745. The molecule has 1 amide bonds. The molecule has 1 saturated heterocycles. The van der Waals surface area contributed by atoms with E-state index in [0.717, 1.165) is 43.7 Å². The zero-order chi connectivity index (χ0) is 12.4. The largest absolute Gasteiger partial charge is 0.493 e. The molecule has 0 radical (unpaired) electrons. The molecule has 0 bridgehead atoms. The maximum Gasteiger partial charge on any atom is 0.230 e. The minimum atomic E-state index is 0.00745. The van der Waals surface area contributed by atoms with Crippen LogP contribution in [0.2, 0.25) is 0 Å². The highest BCUT2D eigenvalue weighted by atomic mass is 16.5. The quantitative estimate of drug-likeness (QED) is 0.761. The van der Waals surface area contributed by atoms with Crippen LogP contribution in [0.4, 0.5) is 0 Å². The topological polar surface area (TPSA) is 29.5 Å². The van der Waals surface area contributed by atoms with E-state index in [2.05, 4.69) is 0 Å². The molecule has 2 aliphatic rings. The summed E-state index contributed by atoms with van der Waals surface area (Å²) in [5, 5.41) is 0. The van der Waals surface area contributed by atoms with Crippen molar-refractivity contribution in [3.05, 3.63) is 29.8 Å². The van der Waals surface area contributed by atoms with Crippen LogP contribution in [0, 0.1) is 0 Å². The number of likely N-dealkylation sites (tertiary alicyclic amines) is 1. The van der Waals surface area contributed by atoms with Gasteiger partial charge in [0.2, 0.25) is 5.91 Å². The number of nitrogens with zero attached hydrogens (tertiary/aromatic N) is 1. The van der Waals surface area contributed by atoms with E-state index < -0.39 is 0 Å². The second-order valence-electron chi connectivity index (χ2n) is 5.11. The average Bonchev–Trinajstić information content (AvgIpc) is 2.47. The summed E-state index contributed by atoms with van der Waals surface area (Å²) < 4.78 is 5.62. The zero-order valence-electron chi connectivity index (χ0n) is 10.6. The second kappa shape index (κ2) is 5.01. The number of hydrogen-bond acceptors (Lipinski definition) is 2. The summed E-state index contributed by atoms with van der Waals surface area (Å²) in [7, 11) is 0. The molecule has 1 atom stereocenters. The summed E-state index contributed by atoms with van der Waals surface area (Å²) >= 11 is 0. The summed E-state index contributed by atoms with van der Waals surface area (Å²) in [5.74, 6) is 1.19. The number of rotatable bonds is 1. The SMILES string of the molecule is O=C(C1CCOc2ccccc21)N1CCCCC1. The van der Waals surface area contributed by atoms with E-state index in [0.29, 0.717) is 12.5 Å². The van der Waals surface area contributed by atoms with Gasteiger partial charge in [-0.05, 0) is 31.7 Å². The lowest BCUT2D eigenvalue weighted by atomic mass is 9.91. The molecule has 3 nitrogen and oxygen atoms in total. The van der Waals surface area contributed by atoms with E-state index in [-0.39, 0.29) is 5.92 Å². The lowest BCUT2D eigenvalue weighted by Gasteiger charge is -2.33. The fraction of sp³-hybridized carbons (Fsp3) is 0.533. The molecule has 0 saturated carbocycles. The summed E-state index contributed by atoms with van der Waals surface area (Å²) in [4.78, 5) is 14.6. The molecule has 1 unspecified atom stereocenters. The highest BCUT2D eigenvalue weighted by molar-refractivity contribution is 5.85. The number of carbonyl (C=O) groups excluding carboxylic acids is 1. The van der Waals surface area contributed by atoms with Gasteiger partial charge in [-0.1, -0.05) is 18.2 Å². The Kier molecular flexibility index (Phi) is 3.22. The Bertz CT molecular complexity index is 438. The van der Waals surface area contributed by atoms with Crippen molar-refractivity contribution in [3.8, 4) is 5.75 Å². The van der Waals surface area contributed by atoms with Crippen molar-refractivity contribution >= 4 is 5.91 Å². The molecule has 18 heavy (non-hydrogen) atoms. The average molecular weight is 245 g/mol. The van der Waals surface area contributed by atoms with Crippen LogP contribution in [-0.2, 0) is 4.79 Å². The lowest BCUT2D eigenvalue weighted by molar-refractivity contribution is -0.134. The molecule has 1 aromatic carbocycles. The molecule has 3 rings (SSSR count). The van der Waals surface area contributed by atoms with Crippen LogP contribution >= 0.6 is 0 Å². The van der Waals surface area contributed by atoms with Gasteiger partial charge in [0.05, 0.1) is 12.5 Å². The van der Waals surface area contributed by atoms with Gasteiger partial charge in [0, 0.05) is 18.7 Å². The van der Waals surface area contributed by atoms with E-state index in [1.165, 1.54) is 6.42 Å². The maximum absolute atomic E-state index is 12.6. The molecule has 96 valence electrons. The molecule has 0 N–H and O–H groups in total. The Balaban J connectivity index is 1.82. The number of para-hydroxylation sites is 1. The van der Waals surface area contributed by atoms with Gasteiger partial charge in [-0.2, -0.15) is 0 Å². The second-order valence-corrected chi connectivity index (χ2v) is 5.11. The molecular weight excluding hydrogens is 226 g/mol. The van der Waals surface area contributed by atoms with E-state index >= 15 is 0 Å². The Morgan fingerprint density at radius 1 is 1.17 bits per heavy atom. The van der Waals surface area contributed by atoms with Crippen LogP contribution < -0.4 is 4.74 Å². The predicted octanol–water partition coefficient (Wildman–Crippen LogP) is 2.57. The number of amides is 1. The van der Waals surface area contributed by atoms with Crippen molar-refractivity contribution < 1.29 is 9.53 Å². The maximum atomic E-state index is 12.6. The smallest absolute Gasteiger partial charge is 0.230 e. The highest BCUT2D eigenvalue weighted by Crippen LogP contribution is 2.34. The first-order valence-corrected chi connectivity index (χ1v) is 6.87. The summed E-state index contributed by atoms with van der Waals surface area (Å²) in [6.07, 6.45) is 4.37. The van der Waals surface area contributed by atoms with Crippen LogP contribution in [0.5, 0.6) is 5.75 Å². The number of fused-ring (bicyclic) bond motifs is 1. The standard InChI is InChI=1S/C15H19NO2/c17-15(16-9-4-1-5-10-16)13-8-11-18-14-7-3-2-6-12(13)14/h2-3,6-7,13H,1,4-5,8-11H2. The van der Waals surface area contributed by atoms with Gasteiger partial charge in [0.25, 0.3) is 0 Å². The van der Waals surface area contributed by atoms with E-state index in [4.69, 9.17) is 4.74 Å². The molecule has 0 aliphatic carbocycles. The highest BCUT2D eigenvalue weighted by Gasteiger charge is 2.31. The molecule has 0 aromatic heterocycles. The number of piperidine rings is 1. The predicted molar refractivity (Wildman–Crippen MR) is 69.7 cm³/mol. The first-order valence-electron chi connectivity index (χ1n) is 6.87. The van der Waals surface area contributed by atoms with Crippen molar-refractivity contribution in [3.63, 3.8) is 0 Å². The number of ether oxygens (including phenoxy) is 1. The summed E-state index contributed by atoms with van der Waals surface area (Å²) in [6.45, 7) is 2.51. The van der Waals surface area contributed by atoms with Gasteiger partial charge in [0.15, 0.2) is 0 Å². The number of benzene rings is 1. The van der Waals surface area contributed by atoms with Gasteiger partial charge in [-0.25, -0.2) is 0 Å².